The normalized spacial score (nSPS) is 5.00. The highest BCUT2D eigenvalue weighted by atomic mass is 35.5. The van der Waals surface area contributed by atoms with Gasteiger partial charge in [-0.05, 0) is 0 Å². The second-order valence-corrected chi connectivity index (χ2v) is 1.56. The van der Waals surface area contributed by atoms with E-state index in [2.05, 4.69) is 0 Å². The van der Waals surface area contributed by atoms with Gasteiger partial charge in [-0.25, -0.2) is 0 Å². The summed E-state index contributed by atoms with van der Waals surface area (Å²) in [5.74, 6) is -2.50. The van der Waals surface area contributed by atoms with Gasteiger partial charge in [0.25, 0.3) is 17.9 Å². The topological polar surface area (TPSA) is 112 Å². The summed E-state index contributed by atoms with van der Waals surface area (Å²) in [7, 11) is 0. The second kappa shape index (κ2) is 29.2. The fraction of sp³-hybridized carbons (Fsp3) is 0.500. The minimum absolute atomic E-state index is 0. The lowest BCUT2D eigenvalue weighted by molar-refractivity contribution is -0.135. The predicted octanol–water partition coefficient (Wildman–Crippen LogP) is 1.54. The Kier molecular flexibility index (Phi) is 71.5. The van der Waals surface area contributed by atoms with E-state index in [1.165, 1.54) is 0 Å². The molecular weight excluding hydrogens is 274 g/mol. The van der Waals surface area contributed by atoms with Crippen LogP contribution in [0.3, 0.4) is 0 Å². The fourth-order valence-corrected chi connectivity index (χ4v) is 0. The van der Waals surface area contributed by atoms with E-state index in [4.69, 9.17) is 29.7 Å². The van der Waals surface area contributed by atoms with Crippen molar-refractivity contribution < 1.29 is 29.7 Å². The first-order valence-corrected chi connectivity index (χ1v) is 2.78. The first-order valence-electron chi connectivity index (χ1n) is 2.78. The Morgan fingerprint density at radius 2 is 0.600 bits per heavy atom. The largest absolute Gasteiger partial charge is 0.481 e. The fourth-order valence-electron chi connectivity index (χ4n) is 0. The second-order valence-electron chi connectivity index (χ2n) is 1.56. The summed E-state index contributed by atoms with van der Waals surface area (Å²) in [4.78, 5) is 27.0. The minimum Gasteiger partial charge on any atom is -0.481 e. The zero-order valence-corrected chi connectivity index (χ0v) is 10.7. The molecule has 0 rings (SSSR count). The van der Waals surface area contributed by atoms with Gasteiger partial charge in [0.05, 0.1) is 0 Å². The molecule has 6 nitrogen and oxygen atoms in total. The van der Waals surface area contributed by atoms with Crippen LogP contribution in [0.1, 0.15) is 20.8 Å². The van der Waals surface area contributed by atoms with Crippen molar-refractivity contribution in [1.29, 1.82) is 0 Å². The van der Waals surface area contributed by atoms with Crippen LogP contribution in [0.2, 0.25) is 0 Å². The number of hydrogen-bond acceptors (Lipinski definition) is 3. The highest BCUT2D eigenvalue weighted by molar-refractivity contribution is 5.86. The van der Waals surface area contributed by atoms with E-state index in [0.717, 1.165) is 20.8 Å². The molecular formula is C6H15Cl3O6. The Morgan fingerprint density at radius 3 is 0.600 bits per heavy atom. The van der Waals surface area contributed by atoms with Crippen LogP contribution in [0.5, 0.6) is 0 Å². The third-order valence-corrected chi connectivity index (χ3v) is 0. The number of aliphatic carboxylic acids is 3. The van der Waals surface area contributed by atoms with Crippen molar-refractivity contribution in [2.75, 3.05) is 0 Å². The molecule has 0 aromatic rings. The number of rotatable bonds is 0. The minimum atomic E-state index is -0.833. The lowest BCUT2D eigenvalue weighted by Crippen LogP contribution is -1.78. The average Bonchev–Trinajstić information content (AvgIpc) is 1.54. The molecule has 0 saturated carbocycles. The van der Waals surface area contributed by atoms with Crippen LogP contribution in [-0.4, -0.2) is 33.2 Å². The van der Waals surface area contributed by atoms with Gasteiger partial charge in [-0.3, -0.25) is 14.4 Å². The maximum absolute atomic E-state index is 9.00. The number of carboxylic acid groups (broad SMARTS) is 3. The van der Waals surface area contributed by atoms with Gasteiger partial charge in [-0.1, -0.05) is 0 Å². The number of carbonyl (C=O) groups is 3. The molecule has 0 aromatic heterocycles. The highest BCUT2D eigenvalue weighted by Gasteiger charge is 1.66. The molecule has 0 aliphatic rings. The van der Waals surface area contributed by atoms with Crippen LogP contribution < -0.4 is 0 Å². The molecule has 3 N–H and O–H groups in total. The number of hydrogen-bond donors (Lipinski definition) is 3. The quantitative estimate of drug-likeness (QED) is 0.623. The highest BCUT2D eigenvalue weighted by Crippen LogP contribution is 1.42. The van der Waals surface area contributed by atoms with Gasteiger partial charge < -0.3 is 15.3 Å². The number of carboxylic acids is 3. The molecule has 0 spiro atoms. The Hall–Kier alpha value is -0.720. The summed E-state index contributed by atoms with van der Waals surface area (Å²) in [6.45, 7) is 3.25. The van der Waals surface area contributed by atoms with Crippen molar-refractivity contribution in [2.45, 2.75) is 20.8 Å². The Labute approximate surface area is 106 Å². The first kappa shape index (κ1) is 36.7. The van der Waals surface area contributed by atoms with E-state index < -0.39 is 17.9 Å². The van der Waals surface area contributed by atoms with Crippen molar-refractivity contribution in [2.24, 2.45) is 0 Å². The van der Waals surface area contributed by atoms with Crippen molar-refractivity contribution in [1.82, 2.24) is 0 Å². The van der Waals surface area contributed by atoms with E-state index in [1.807, 2.05) is 0 Å². The van der Waals surface area contributed by atoms with Crippen LogP contribution in [0.25, 0.3) is 0 Å². The molecule has 0 atom stereocenters. The van der Waals surface area contributed by atoms with Crippen molar-refractivity contribution in [3.05, 3.63) is 0 Å². The number of halogens is 3. The zero-order valence-electron chi connectivity index (χ0n) is 8.29. The van der Waals surface area contributed by atoms with Crippen LogP contribution in [0, 0.1) is 0 Å². The molecule has 0 unspecified atom stereocenters. The summed E-state index contributed by atoms with van der Waals surface area (Å²) < 4.78 is 0. The maximum atomic E-state index is 9.00. The summed E-state index contributed by atoms with van der Waals surface area (Å²) in [6.07, 6.45) is 0. The van der Waals surface area contributed by atoms with E-state index in [9.17, 15) is 0 Å². The van der Waals surface area contributed by atoms with E-state index in [-0.39, 0.29) is 37.2 Å². The predicted molar refractivity (Wildman–Crippen MR) is 61.7 cm³/mol. The van der Waals surface area contributed by atoms with E-state index in [1.54, 1.807) is 0 Å². The lowest BCUT2D eigenvalue weighted by Gasteiger charge is -1.59. The van der Waals surface area contributed by atoms with Gasteiger partial charge in [-0.2, -0.15) is 0 Å². The lowest BCUT2D eigenvalue weighted by atomic mass is 10.9. The van der Waals surface area contributed by atoms with Crippen molar-refractivity contribution in [3.8, 4) is 0 Å². The average molecular weight is 290 g/mol. The molecule has 0 amide bonds. The molecule has 96 valence electrons. The van der Waals surface area contributed by atoms with Gasteiger partial charge in [-0.15, -0.1) is 37.2 Å². The molecule has 0 radical (unpaired) electrons. The van der Waals surface area contributed by atoms with Crippen molar-refractivity contribution in [3.63, 3.8) is 0 Å². The molecule has 0 saturated heterocycles. The summed E-state index contributed by atoms with van der Waals surface area (Å²) in [5, 5.41) is 22.2. The smallest absolute Gasteiger partial charge is 0.300 e. The molecule has 0 fully saturated rings. The molecule has 0 aliphatic heterocycles. The Bertz CT molecular complexity index is 120. The van der Waals surface area contributed by atoms with Crippen LogP contribution in [0.4, 0.5) is 0 Å². The third kappa shape index (κ3) is 3260. The molecule has 15 heavy (non-hydrogen) atoms. The molecule has 0 heterocycles. The molecule has 0 aromatic carbocycles. The van der Waals surface area contributed by atoms with Gasteiger partial charge >= 0.3 is 0 Å². The summed E-state index contributed by atoms with van der Waals surface area (Å²) in [5.41, 5.74) is 0. The standard InChI is InChI=1S/3C2H4O2.3ClH/c3*1-2(3)4;;;/h3*1H3,(H,3,4);3*1H. The monoisotopic (exact) mass is 288 g/mol. The molecule has 0 bridgehead atoms. The Morgan fingerprint density at radius 1 is 0.600 bits per heavy atom. The van der Waals surface area contributed by atoms with Crippen LogP contribution in [0.15, 0.2) is 0 Å². The molecule has 0 aliphatic carbocycles. The van der Waals surface area contributed by atoms with Gasteiger partial charge in [0, 0.05) is 20.8 Å². The van der Waals surface area contributed by atoms with E-state index >= 15 is 0 Å². The summed E-state index contributed by atoms with van der Waals surface area (Å²) >= 11 is 0. The van der Waals surface area contributed by atoms with E-state index in [0.29, 0.717) is 0 Å². The first-order chi connectivity index (χ1) is 5.20. The van der Waals surface area contributed by atoms with Crippen LogP contribution in [-0.2, 0) is 14.4 Å². The van der Waals surface area contributed by atoms with Gasteiger partial charge in [0.2, 0.25) is 0 Å². The summed E-state index contributed by atoms with van der Waals surface area (Å²) in [6, 6.07) is 0. The SMILES string of the molecule is CC(=O)O.CC(=O)O.CC(=O)O.Cl.Cl.Cl. The van der Waals surface area contributed by atoms with Gasteiger partial charge in [0.1, 0.15) is 0 Å². The van der Waals surface area contributed by atoms with Crippen molar-refractivity contribution >= 4 is 55.1 Å². The zero-order chi connectivity index (χ0) is 10.7. The maximum Gasteiger partial charge on any atom is 0.300 e. The van der Waals surface area contributed by atoms with Gasteiger partial charge in [0.15, 0.2) is 0 Å². The molecule has 9 heteroatoms. The Balaban J connectivity index is -0.0000000184. The third-order valence-electron chi connectivity index (χ3n) is 0. The van der Waals surface area contributed by atoms with Crippen LogP contribution >= 0.6 is 37.2 Å².